The fraction of sp³-hybridized carbons (Fsp3) is 0.467. The van der Waals surface area contributed by atoms with Crippen molar-refractivity contribution in [2.75, 3.05) is 10.6 Å². The molecule has 1 saturated carbocycles. The van der Waals surface area contributed by atoms with Crippen LogP contribution >= 0.6 is 23.1 Å². The molecular weight excluding hydrogens is 362 g/mol. The summed E-state index contributed by atoms with van der Waals surface area (Å²) >= 11 is 7.39. The fourth-order valence-electron chi connectivity index (χ4n) is 2.78. The highest BCUT2D eigenvalue weighted by molar-refractivity contribution is 7.11. The lowest BCUT2D eigenvalue weighted by Crippen LogP contribution is -2.43. The van der Waals surface area contributed by atoms with Crippen molar-refractivity contribution in [3.05, 3.63) is 22.5 Å². The van der Waals surface area contributed by atoms with E-state index < -0.39 is 5.91 Å². The maximum atomic E-state index is 11.7. The van der Waals surface area contributed by atoms with Gasteiger partial charge in [0.1, 0.15) is 16.4 Å². The molecule has 0 spiro atoms. The van der Waals surface area contributed by atoms with Gasteiger partial charge in [0.15, 0.2) is 0 Å². The molecule has 0 bridgehead atoms. The number of nitrogens with zero attached hydrogens (tertiary/aromatic N) is 3. The number of carbonyl (C=O) groups excluding carboxylic acids is 1. The Balaban J connectivity index is 1.86. The van der Waals surface area contributed by atoms with E-state index in [1.165, 1.54) is 17.7 Å². The van der Waals surface area contributed by atoms with Gasteiger partial charge in [-0.05, 0) is 31.3 Å². The summed E-state index contributed by atoms with van der Waals surface area (Å²) in [6, 6.07) is 0.165. The highest BCUT2D eigenvalue weighted by Gasteiger charge is 2.23. The lowest BCUT2D eigenvalue weighted by atomic mass is 9.91. The summed E-state index contributed by atoms with van der Waals surface area (Å²) in [6.45, 7) is 1.80. The van der Waals surface area contributed by atoms with Crippen molar-refractivity contribution in [3.8, 4) is 0 Å². The molecule has 0 unspecified atom stereocenters. The molecule has 1 aliphatic rings. The number of anilines is 3. The number of hydrogen-bond donors (Lipinski definition) is 4. The zero-order valence-electron chi connectivity index (χ0n) is 13.8. The molecule has 6 N–H and O–H groups in total. The number of aromatic nitrogens is 3. The zero-order valence-corrected chi connectivity index (χ0v) is 15.3. The molecule has 0 radical (unpaired) electrons. The number of carbonyl (C=O) groups is 1. The van der Waals surface area contributed by atoms with Gasteiger partial charge in [-0.2, -0.15) is 9.36 Å². The van der Waals surface area contributed by atoms with Crippen molar-refractivity contribution >= 4 is 45.8 Å². The first-order chi connectivity index (χ1) is 12.0. The van der Waals surface area contributed by atoms with E-state index in [4.69, 9.17) is 23.1 Å². The van der Waals surface area contributed by atoms with Gasteiger partial charge in [0.05, 0.1) is 10.7 Å². The lowest BCUT2D eigenvalue weighted by Gasteiger charge is -2.29. The summed E-state index contributed by atoms with van der Waals surface area (Å²) in [7, 11) is 0. The SMILES string of the molecule is Cc1nsc(Nc2nc(N[C@@H]3CCCC[C@@H]3N)ncc2C(N)=O)c1Cl. The average Bonchev–Trinajstić information content (AvgIpc) is 2.89. The molecule has 0 saturated heterocycles. The molecule has 2 aromatic heterocycles. The van der Waals surface area contributed by atoms with Crippen LogP contribution in [-0.2, 0) is 0 Å². The Labute approximate surface area is 154 Å². The minimum absolute atomic E-state index is 0.0585. The molecule has 2 heterocycles. The third-order valence-electron chi connectivity index (χ3n) is 4.21. The largest absolute Gasteiger partial charge is 0.365 e. The standard InChI is InChI=1S/C15H20ClN7OS/c1-7-11(16)14(25-23-7)21-13-8(12(18)24)6-19-15(22-13)20-10-5-3-2-4-9(10)17/h6,9-10H,2-5,17H2,1H3,(H2,18,24)(H2,19,20,21,22)/t9-,10+/m0/s1. The van der Waals surface area contributed by atoms with Crippen molar-refractivity contribution in [2.24, 2.45) is 11.5 Å². The van der Waals surface area contributed by atoms with Gasteiger partial charge in [-0.1, -0.05) is 24.4 Å². The van der Waals surface area contributed by atoms with E-state index in [2.05, 4.69) is 25.0 Å². The van der Waals surface area contributed by atoms with Crippen molar-refractivity contribution in [2.45, 2.75) is 44.7 Å². The van der Waals surface area contributed by atoms with Crippen LogP contribution in [0.3, 0.4) is 0 Å². The van der Waals surface area contributed by atoms with Gasteiger partial charge in [-0.25, -0.2) is 4.98 Å². The van der Waals surface area contributed by atoms with Crippen LogP contribution in [0, 0.1) is 6.92 Å². The van der Waals surface area contributed by atoms with Crippen LogP contribution in [0.2, 0.25) is 5.02 Å². The van der Waals surface area contributed by atoms with Gasteiger partial charge < -0.3 is 22.1 Å². The van der Waals surface area contributed by atoms with Crippen LogP contribution in [0.5, 0.6) is 0 Å². The number of hydrogen-bond acceptors (Lipinski definition) is 8. The van der Waals surface area contributed by atoms with E-state index in [9.17, 15) is 4.79 Å². The Morgan fingerprint density at radius 3 is 2.80 bits per heavy atom. The summed E-state index contributed by atoms with van der Waals surface area (Å²) in [5, 5.41) is 7.38. The lowest BCUT2D eigenvalue weighted by molar-refractivity contribution is 0.100. The molecule has 2 aromatic rings. The van der Waals surface area contributed by atoms with Gasteiger partial charge in [-0.15, -0.1) is 0 Å². The molecule has 134 valence electrons. The van der Waals surface area contributed by atoms with E-state index >= 15 is 0 Å². The molecule has 2 atom stereocenters. The van der Waals surface area contributed by atoms with E-state index in [1.807, 2.05) is 0 Å². The van der Waals surface area contributed by atoms with Crippen LogP contribution in [0.15, 0.2) is 6.20 Å². The van der Waals surface area contributed by atoms with Crippen molar-refractivity contribution in [3.63, 3.8) is 0 Å². The average molecular weight is 382 g/mol. The summed E-state index contributed by atoms with van der Waals surface area (Å²) in [6.07, 6.45) is 5.58. The molecule has 1 amide bonds. The predicted molar refractivity (Wildman–Crippen MR) is 99.5 cm³/mol. The smallest absolute Gasteiger partial charge is 0.254 e. The van der Waals surface area contributed by atoms with Crippen LogP contribution in [-0.4, -0.2) is 32.3 Å². The highest BCUT2D eigenvalue weighted by atomic mass is 35.5. The molecule has 3 rings (SSSR count). The number of amides is 1. The van der Waals surface area contributed by atoms with Gasteiger partial charge in [0.2, 0.25) is 5.95 Å². The molecule has 0 aromatic carbocycles. The molecule has 1 fully saturated rings. The van der Waals surface area contributed by atoms with E-state index in [0.717, 1.165) is 25.7 Å². The topological polar surface area (TPSA) is 132 Å². The van der Waals surface area contributed by atoms with Crippen LogP contribution in [0.25, 0.3) is 0 Å². The monoisotopic (exact) mass is 381 g/mol. The molecular formula is C15H20ClN7OS. The van der Waals surface area contributed by atoms with Gasteiger partial charge in [0.25, 0.3) is 5.91 Å². The second-order valence-electron chi connectivity index (χ2n) is 6.06. The maximum Gasteiger partial charge on any atom is 0.254 e. The molecule has 0 aliphatic heterocycles. The predicted octanol–water partition coefficient (Wildman–Crippen LogP) is 2.42. The van der Waals surface area contributed by atoms with E-state index in [0.29, 0.717) is 27.5 Å². The number of nitrogens with two attached hydrogens (primary N) is 2. The first-order valence-electron chi connectivity index (χ1n) is 8.03. The Morgan fingerprint density at radius 2 is 2.16 bits per heavy atom. The number of primary amides is 1. The molecule has 8 nitrogen and oxygen atoms in total. The molecule has 1 aliphatic carbocycles. The summed E-state index contributed by atoms with van der Waals surface area (Å²) < 4.78 is 4.17. The summed E-state index contributed by atoms with van der Waals surface area (Å²) in [4.78, 5) is 20.3. The Morgan fingerprint density at radius 1 is 1.40 bits per heavy atom. The number of aryl methyl sites for hydroxylation is 1. The van der Waals surface area contributed by atoms with Crippen molar-refractivity contribution in [1.82, 2.24) is 14.3 Å². The second-order valence-corrected chi connectivity index (χ2v) is 7.21. The van der Waals surface area contributed by atoms with Gasteiger partial charge in [-0.3, -0.25) is 4.79 Å². The Hall–Kier alpha value is -1.97. The third kappa shape index (κ3) is 4.00. The van der Waals surface area contributed by atoms with E-state index in [1.54, 1.807) is 6.92 Å². The van der Waals surface area contributed by atoms with Crippen LogP contribution in [0.1, 0.15) is 41.7 Å². The number of rotatable bonds is 5. The maximum absolute atomic E-state index is 11.7. The molecule has 25 heavy (non-hydrogen) atoms. The first kappa shape index (κ1) is 17.8. The Kier molecular flexibility index (Phi) is 5.36. The summed E-state index contributed by atoms with van der Waals surface area (Å²) in [5.74, 6) is 0.0629. The normalized spacial score (nSPS) is 20.3. The summed E-state index contributed by atoms with van der Waals surface area (Å²) in [5.41, 5.74) is 12.5. The van der Waals surface area contributed by atoms with Crippen LogP contribution < -0.4 is 22.1 Å². The number of nitrogens with one attached hydrogen (secondary N) is 2. The Bertz CT molecular complexity index is 781. The molecule has 10 heteroatoms. The van der Waals surface area contributed by atoms with Crippen molar-refractivity contribution < 1.29 is 4.79 Å². The van der Waals surface area contributed by atoms with Crippen molar-refractivity contribution in [1.29, 1.82) is 0 Å². The second kappa shape index (κ2) is 7.51. The van der Waals surface area contributed by atoms with E-state index in [-0.39, 0.29) is 17.6 Å². The van der Waals surface area contributed by atoms with Gasteiger partial charge >= 0.3 is 0 Å². The third-order valence-corrected chi connectivity index (χ3v) is 5.64. The number of halogens is 1. The zero-order chi connectivity index (χ0) is 18.0. The fourth-order valence-corrected chi connectivity index (χ4v) is 3.71. The minimum Gasteiger partial charge on any atom is -0.365 e. The first-order valence-corrected chi connectivity index (χ1v) is 9.18. The highest BCUT2D eigenvalue weighted by Crippen LogP contribution is 2.32. The van der Waals surface area contributed by atoms with Gasteiger partial charge in [0, 0.05) is 18.3 Å². The quantitative estimate of drug-likeness (QED) is 0.625. The van der Waals surface area contributed by atoms with Crippen LogP contribution in [0.4, 0.5) is 16.8 Å². The minimum atomic E-state index is -0.624.